The number of benzene rings is 1. The van der Waals surface area contributed by atoms with Crippen molar-refractivity contribution < 1.29 is 9.18 Å². The summed E-state index contributed by atoms with van der Waals surface area (Å²) >= 11 is 0. The van der Waals surface area contributed by atoms with Gasteiger partial charge in [-0.25, -0.2) is 9.37 Å². The molecule has 1 heterocycles. The van der Waals surface area contributed by atoms with Crippen molar-refractivity contribution in [1.82, 2.24) is 15.3 Å². The minimum atomic E-state index is -0.620. The fraction of sp³-hybridized carbons (Fsp3) is 0.167. The molecule has 1 amide bonds. The van der Waals surface area contributed by atoms with E-state index in [0.29, 0.717) is 18.7 Å². The Kier molecular flexibility index (Phi) is 3.57. The Morgan fingerprint density at radius 1 is 1.50 bits per heavy atom. The Morgan fingerprint density at radius 2 is 2.33 bits per heavy atom. The van der Waals surface area contributed by atoms with E-state index in [-0.39, 0.29) is 5.56 Å². The zero-order valence-electron chi connectivity index (χ0n) is 9.61. The molecular weight excluding hydrogens is 235 g/mol. The van der Waals surface area contributed by atoms with E-state index in [9.17, 15) is 9.18 Å². The van der Waals surface area contributed by atoms with Crippen LogP contribution in [0.5, 0.6) is 0 Å². The highest BCUT2D eigenvalue weighted by Gasteiger charge is 2.11. The first kappa shape index (κ1) is 12.1. The Balaban J connectivity index is 1.91. The third-order valence-corrected chi connectivity index (χ3v) is 2.44. The highest BCUT2D eigenvalue weighted by Crippen LogP contribution is 2.11. The van der Waals surface area contributed by atoms with Gasteiger partial charge in [0.1, 0.15) is 11.6 Å². The first-order valence-electron chi connectivity index (χ1n) is 5.48. The number of carbonyl (C=O) groups excluding carboxylic acids is 1. The van der Waals surface area contributed by atoms with Crippen molar-refractivity contribution in [3.63, 3.8) is 0 Å². The molecule has 0 spiro atoms. The highest BCUT2D eigenvalue weighted by atomic mass is 19.1. The summed E-state index contributed by atoms with van der Waals surface area (Å²) in [6, 6.07) is 3.98. The fourth-order valence-electron chi connectivity index (χ4n) is 1.54. The van der Waals surface area contributed by atoms with Crippen molar-refractivity contribution in [2.45, 2.75) is 6.42 Å². The number of nitrogens with two attached hydrogens (primary N) is 1. The van der Waals surface area contributed by atoms with Gasteiger partial charge in [0.2, 0.25) is 0 Å². The molecule has 5 nitrogen and oxygen atoms in total. The number of nitrogen functional groups attached to an aromatic ring is 1. The minimum Gasteiger partial charge on any atom is -0.399 e. The second-order valence-corrected chi connectivity index (χ2v) is 3.78. The molecule has 4 N–H and O–H groups in total. The van der Waals surface area contributed by atoms with Gasteiger partial charge in [-0.05, 0) is 18.2 Å². The zero-order valence-corrected chi connectivity index (χ0v) is 9.61. The smallest absolute Gasteiger partial charge is 0.254 e. The van der Waals surface area contributed by atoms with E-state index in [0.717, 1.165) is 11.9 Å². The number of amides is 1. The van der Waals surface area contributed by atoms with Gasteiger partial charge in [0, 0.05) is 31.0 Å². The van der Waals surface area contributed by atoms with Gasteiger partial charge in [-0.1, -0.05) is 0 Å². The maximum atomic E-state index is 13.4. The van der Waals surface area contributed by atoms with Crippen molar-refractivity contribution in [2.24, 2.45) is 0 Å². The molecule has 1 aromatic heterocycles. The van der Waals surface area contributed by atoms with E-state index in [4.69, 9.17) is 5.73 Å². The van der Waals surface area contributed by atoms with Crippen LogP contribution in [0.2, 0.25) is 0 Å². The molecule has 0 saturated heterocycles. The summed E-state index contributed by atoms with van der Waals surface area (Å²) in [6.45, 7) is 0.385. The number of aromatic amines is 1. The van der Waals surface area contributed by atoms with Crippen molar-refractivity contribution in [2.75, 3.05) is 12.3 Å². The number of hydrogen-bond donors (Lipinski definition) is 3. The van der Waals surface area contributed by atoms with Gasteiger partial charge in [0.15, 0.2) is 0 Å². The van der Waals surface area contributed by atoms with Crippen molar-refractivity contribution >= 4 is 11.6 Å². The molecule has 0 atom stereocenters. The number of aromatic nitrogens is 2. The zero-order chi connectivity index (χ0) is 13.0. The molecule has 0 fully saturated rings. The number of anilines is 1. The predicted octanol–water partition coefficient (Wildman–Crippen LogP) is 1.10. The third-order valence-electron chi connectivity index (χ3n) is 2.44. The van der Waals surface area contributed by atoms with Crippen molar-refractivity contribution in [3.05, 3.63) is 47.8 Å². The van der Waals surface area contributed by atoms with Crippen molar-refractivity contribution in [1.29, 1.82) is 0 Å². The molecule has 0 aliphatic rings. The SMILES string of the molecule is Nc1ccc(C(=O)NCCc2ncc[nH]2)c(F)c1. The summed E-state index contributed by atoms with van der Waals surface area (Å²) < 4.78 is 13.4. The quantitative estimate of drug-likeness (QED) is 0.708. The molecule has 18 heavy (non-hydrogen) atoms. The lowest BCUT2D eigenvalue weighted by molar-refractivity contribution is 0.0950. The Labute approximate surface area is 103 Å². The minimum absolute atomic E-state index is 0.0105. The topological polar surface area (TPSA) is 83.8 Å². The largest absolute Gasteiger partial charge is 0.399 e. The van der Waals surface area contributed by atoms with E-state index < -0.39 is 11.7 Å². The molecule has 0 aliphatic heterocycles. The van der Waals surface area contributed by atoms with Gasteiger partial charge < -0.3 is 16.0 Å². The third kappa shape index (κ3) is 2.85. The number of rotatable bonds is 4. The molecule has 6 heteroatoms. The average Bonchev–Trinajstić information content (AvgIpc) is 2.81. The molecule has 2 aromatic rings. The highest BCUT2D eigenvalue weighted by molar-refractivity contribution is 5.94. The number of hydrogen-bond acceptors (Lipinski definition) is 3. The second-order valence-electron chi connectivity index (χ2n) is 3.78. The van der Waals surface area contributed by atoms with Crippen LogP contribution < -0.4 is 11.1 Å². The van der Waals surface area contributed by atoms with Gasteiger partial charge in [0.05, 0.1) is 5.56 Å². The molecule has 1 aromatic carbocycles. The van der Waals surface area contributed by atoms with Crippen LogP contribution in [0.25, 0.3) is 0 Å². The van der Waals surface area contributed by atoms with E-state index in [1.165, 1.54) is 12.1 Å². The molecular formula is C12H13FN4O. The maximum Gasteiger partial charge on any atom is 0.254 e. The lowest BCUT2D eigenvalue weighted by Gasteiger charge is -2.05. The summed E-state index contributed by atoms with van der Waals surface area (Å²) in [7, 11) is 0. The number of H-pyrrole nitrogens is 1. The number of nitrogens with one attached hydrogen (secondary N) is 2. The summed E-state index contributed by atoms with van der Waals surface area (Å²) in [5.74, 6) is -0.308. The normalized spacial score (nSPS) is 10.3. The van der Waals surface area contributed by atoms with Gasteiger partial charge in [-0.2, -0.15) is 0 Å². The van der Waals surface area contributed by atoms with Crippen LogP contribution in [0.1, 0.15) is 16.2 Å². The lowest BCUT2D eigenvalue weighted by Crippen LogP contribution is -2.26. The standard InChI is InChI=1S/C12H13FN4O/c13-10-7-8(14)1-2-9(10)12(18)17-4-3-11-15-5-6-16-11/h1-2,5-7H,3-4,14H2,(H,15,16)(H,17,18). The van der Waals surface area contributed by atoms with Crippen LogP contribution >= 0.6 is 0 Å². The molecule has 0 radical (unpaired) electrons. The van der Waals surface area contributed by atoms with Gasteiger partial charge in [0.25, 0.3) is 5.91 Å². The van der Waals surface area contributed by atoms with E-state index in [1.54, 1.807) is 12.4 Å². The summed E-state index contributed by atoms with van der Waals surface area (Å²) in [5, 5.41) is 2.62. The number of carbonyl (C=O) groups is 1. The van der Waals surface area contributed by atoms with Crippen LogP contribution in [0.15, 0.2) is 30.6 Å². The average molecular weight is 248 g/mol. The van der Waals surface area contributed by atoms with Crippen LogP contribution in [-0.2, 0) is 6.42 Å². The van der Waals surface area contributed by atoms with Crippen LogP contribution in [0, 0.1) is 5.82 Å². The first-order valence-corrected chi connectivity index (χ1v) is 5.48. The second kappa shape index (κ2) is 5.31. The molecule has 0 bridgehead atoms. The number of halogens is 1. The van der Waals surface area contributed by atoms with Gasteiger partial charge >= 0.3 is 0 Å². The summed E-state index contributed by atoms with van der Waals surface area (Å²) in [5.41, 5.74) is 5.69. The van der Waals surface area contributed by atoms with Gasteiger partial charge in [-0.3, -0.25) is 4.79 Å². The van der Waals surface area contributed by atoms with Crippen LogP contribution in [0.4, 0.5) is 10.1 Å². The summed E-state index contributed by atoms with van der Waals surface area (Å²) in [6.07, 6.45) is 3.91. The van der Waals surface area contributed by atoms with Crippen LogP contribution in [-0.4, -0.2) is 22.4 Å². The Bertz CT molecular complexity index is 539. The fourth-order valence-corrected chi connectivity index (χ4v) is 1.54. The molecule has 2 rings (SSSR count). The first-order chi connectivity index (χ1) is 8.66. The van der Waals surface area contributed by atoms with Crippen LogP contribution in [0.3, 0.4) is 0 Å². The maximum absolute atomic E-state index is 13.4. The molecule has 0 saturated carbocycles. The molecule has 94 valence electrons. The molecule has 0 aliphatic carbocycles. The van der Waals surface area contributed by atoms with Gasteiger partial charge in [-0.15, -0.1) is 0 Å². The summed E-state index contributed by atoms with van der Waals surface area (Å²) in [4.78, 5) is 18.6. The molecule has 0 unspecified atom stereocenters. The predicted molar refractivity (Wildman–Crippen MR) is 65.4 cm³/mol. The number of nitrogens with zero attached hydrogens (tertiary/aromatic N) is 1. The van der Waals surface area contributed by atoms with Crippen molar-refractivity contribution in [3.8, 4) is 0 Å². The Morgan fingerprint density at radius 3 is 3.00 bits per heavy atom. The van der Waals surface area contributed by atoms with E-state index in [2.05, 4.69) is 15.3 Å². The van der Waals surface area contributed by atoms with E-state index >= 15 is 0 Å². The van der Waals surface area contributed by atoms with E-state index in [1.807, 2.05) is 0 Å². The Hall–Kier alpha value is -2.37. The monoisotopic (exact) mass is 248 g/mol. The lowest BCUT2D eigenvalue weighted by atomic mass is 10.2. The number of imidazole rings is 1.